The fourth-order valence-electron chi connectivity index (χ4n) is 2.14. The summed E-state index contributed by atoms with van der Waals surface area (Å²) in [5.74, 6) is 0. The van der Waals surface area contributed by atoms with Crippen molar-refractivity contribution in [3.8, 4) is 0 Å². The number of aliphatic imine (C=N–C) groups is 1. The maximum Gasteiger partial charge on any atom is 0.0462 e. The molecule has 1 unspecified atom stereocenters. The van der Waals surface area contributed by atoms with Gasteiger partial charge in [0.05, 0.1) is 0 Å². The molecule has 0 amide bonds. The number of allylic oxidation sites excluding steroid dienone is 3. The van der Waals surface area contributed by atoms with Crippen LogP contribution in [0.25, 0.3) is 0 Å². The monoisotopic (exact) mass is 161 g/mol. The molecule has 1 aliphatic heterocycles. The molecule has 0 saturated carbocycles. The van der Waals surface area contributed by atoms with Crippen molar-refractivity contribution in [3.05, 3.63) is 23.9 Å². The van der Waals surface area contributed by atoms with Gasteiger partial charge in [-0.25, -0.2) is 0 Å². The predicted octanol–water partition coefficient (Wildman–Crippen LogP) is 3.09. The van der Waals surface area contributed by atoms with Gasteiger partial charge in [-0.2, -0.15) is 0 Å². The van der Waals surface area contributed by atoms with E-state index in [0.717, 1.165) is 0 Å². The Balaban J connectivity index is 2.39. The molecule has 0 bridgehead atoms. The van der Waals surface area contributed by atoms with Crippen molar-refractivity contribution >= 4 is 5.71 Å². The zero-order valence-corrected chi connectivity index (χ0v) is 7.80. The predicted molar refractivity (Wildman–Crippen MR) is 52.3 cm³/mol. The van der Waals surface area contributed by atoms with E-state index in [4.69, 9.17) is 0 Å². The van der Waals surface area contributed by atoms with Gasteiger partial charge in [-0.1, -0.05) is 18.6 Å². The molecule has 1 atom stereocenters. The highest BCUT2D eigenvalue weighted by molar-refractivity contribution is 6.01. The standard InChI is InChI=1S/C11H15N/c1-9-7-11(2)6-4-3-5-10(11)12-8-9/h3,5,8H,4,6-7H2,1-2H3. The van der Waals surface area contributed by atoms with Crippen LogP contribution in [0.15, 0.2) is 28.9 Å². The molecule has 0 spiro atoms. The molecule has 1 nitrogen and oxygen atoms in total. The summed E-state index contributed by atoms with van der Waals surface area (Å²) in [7, 11) is 0. The largest absolute Gasteiger partial charge is 0.261 e. The normalized spacial score (nSPS) is 33.8. The summed E-state index contributed by atoms with van der Waals surface area (Å²) in [6, 6.07) is 0. The van der Waals surface area contributed by atoms with Crippen LogP contribution in [0.3, 0.4) is 0 Å². The van der Waals surface area contributed by atoms with Crippen LogP contribution in [0.4, 0.5) is 0 Å². The van der Waals surface area contributed by atoms with Gasteiger partial charge in [0.15, 0.2) is 0 Å². The highest BCUT2D eigenvalue weighted by Gasteiger charge is 2.32. The summed E-state index contributed by atoms with van der Waals surface area (Å²) >= 11 is 0. The van der Waals surface area contributed by atoms with E-state index < -0.39 is 0 Å². The lowest BCUT2D eigenvalue weighted by atomic mass is 9.72. The van der Waals surface area contributed by atoms with E-state index in [1.165, 1.54) is 30.5 Å². The van der Waals surface area contributed by atoms with E-state index in [1.54, 1.807) is 0 Å². The highest BCUT2D eigenvalue weighted by Crippen LogP contribution is 2.38. The molecule has 0 aromatic heterocycles. The van der Waals surface area contributed by atoms with Gasteiger partial charge in [-0.3, -0.25) is 4.99 Å². The molecule has 1 heterocycles. The van der Waals surface area contributed by atoms with Gasteiger partial charge in [-0.05, 0) is 32.3 Å². The van der Waals surface area contributed by atoms with E-state index in [9.17, 15) is 0 Å². The summed E-state index contributed by atoms with van der Waals surface area (Å²) in [6.45, 7) is 4.50. The number of hydrogen-bond acceptors (Lipinski definition) is 1. The average molecular weight is 161 g/mol. The fourth-order valence-corrected chi connectivity index (χ4v) is 2.14. The molecule has 0 saturated heterocycles. The Morgan fingerprint density at radius 2 is 2.33 bits per heavy atom. The Labute approximate surface area is 73.9 Å². The average Bonchev–Trinajstić information content (AvgIpc) is 2.02. The van der Waals surface area contributed by atoms with Gasteiger partial charge in [0.1, 0.15) is 0 Å². The van der Waals surface area contributed by atoms with Gasteiger partial charge < -0.3 is 0 Å². The number of nitrogens with zero attached hydrogens (tertiary/aromatic N) is 1. The minimum absolute atomic E-state index is 0.341. The van der Waals surface area contributed by atoms with Gasteiger partial charge in [0, 0.05) is 17.3 Å². The molecule has 2 rings (SSSR count). The zero-order chi connectivity index (χ0) is 8.60. The van der Waals surface area contributed by atoms with Crippen LogP contribution in [0, 0.1) is 5.41 Å². The SMILES string of the molecule is CC1=CN=C2C=CCCC2(C)C1. The van der Waals surface area contributed by atoms with Crippen LogP contribution >= 0.6 is 0 Å². The molecule has 0 aromatic rings. The van der Waals surface area contributed by atoms with Crippen molar-refractivity contribution in [1.82, 2.24) is 0 Å². The zero-order valence-electron chi connectivity index (χ0n) is 7.80. The Kier molecular flexibility index (Phi) is 1.67. The molecule has 12 heavy (non-hydrogen) atoms. The van der Waals surface area contributed by atoms with Gasteiger partial charge >= 0.3 is 0 Å². The van der Waals surface area contributed by atoms with E-state index in [-0.39, 0.29) is 0 Å². The minimum Gasteiger partial charge on any atom is -0.261 e. The van der Waals surface area contributed by atoms with E-state index in [2.05, 4.69) is 31.0 Å². The van der Waals surface area contributed by atoms with Crippen molar-refractivity contribution in [2.75, 3.05) is 0 Å². The second-order valence-corrected chi connectivity index (χ2v) is 4.17. The van der Waals surface area contributed by atoms with Gasteiger partial charge in [0.25, 0.3) is 0 Å². The third kappa shape index (κ3) is 1.13. The summed E-state index contributed by atoms with van der Waals surface area (Å²) in [5.41, 5.74) is 3.03. The molecular weight excluding hydrogens is 146 g/mol. The van der Waals surface area contributed by atoms with Crippen molar-refractivity contribution in [2.45, 2.75) is 33.1 Å². The Hall–Kier alpha value is -0.850. The quantitative estimate of drug-likeness (QED) is 0.517. The molecule has 2 aliphatic rings. The summed E-state index contributed by atoms with van der Waals surface area (Å²) < 4.78 is 0. The van der Waals surface area contributed by atoms with Crippen LogP contribution < -0.4 is 0 Å². The van der Waals surface area contributed by atoms with Gasteiger partial charge in [0.2, 0.25) is 0 Å². The lowest BCUT2D eigenvalue weighted by Gasteiger charge is -2.34. The number of rotatable bonds is 0. The first-order valence-electron chi connectivity index (χ1n) is 4.61. The number of hydrogen-bond donors (Lipinski definition) is 0. The molecular formula is C11H15N. The summed E-state index contributed by atoms with van der Waals surface area (Å²) in [6.07, 6.45) is 10.1. The minimum atomic E-state index is 0.341. The van der Waals surface area contributed by atoms with Crippen LogP contribution in [0.2, 0.25) is 0 Å². The lowest BCUT2D eigenvalue weighted by molar-refractivity contribution is 0.417. The van der Waals surface area contributed by atoms with E-state index in [1.807, 2.05) is 6.20 Å². The smallest absolute Gasteiger partial charge is 0.0462 e. The van der Waals surface area contributed by atoms with Crippen molar-refractivity contribution in [2.24, 2.45) is 10.4 Å². The molecule has 1 heteroatoms. The Bertz CT molecular complexity index is 283. The molecule has 64 valence electrons. The Morgan fingerprint density at radius 1 is 1.50 bits per heavy atom. The second-order valence-electron chi connectivity index (χ2n) is 4.17. The lowest BCUT2D eigenvalue weighted by Crippen LogP contribution is -2.30. The van der Waals surface area contributed by atoms with Crippen LogP contribution in [0.1, 0.15) is 33.1 Å². The molecule has 0 N–H and O–H groups in total. The van der Waals surface area contributed by atoms with Crippen LogP contribution in [0.5, 0.6) is 0 Å². The highest BCUT2D eigenvalue weighted by atomic mass is 14.8. The molecule has 0 aromatic carbocycles. The van der Waals surface area contributed by atoms with Crippen LogP contribution in [-0.4, -0.2) is 5.71 Å². The van der Waals surface area contributed by atoms with Crippen molar-refractivity contribution < 1.29 is 0 Å². The number of fused-ring (bicyclic) bond motifs is 1. The first-order valence-corrected chi connectivity index (χ1v) is 4.61. The topological polar surface area (TPSA) is 12.4 Å². The third-order valence-corrected chi connectivity index (χ3v) is 2.85. The van der Waals surface area contributed by atoms with Crippen LogP contribution in [-0.2, 0) is 0 Å². The van der Waals surface area contributed by atoms with Crippen molar-refractivity contribution in [1.29, 1.82) is 0 Å². The molecule has 0 radical (unpaired) electrons. The molecule has 1 aliphatic carbocycles. The van der Waals surface area contributed by atoms with E-state index >= 15 is 0 Å². The maximum atomic E-state index is 4.47. The first kappa shape index (κ1) is 7.78. The van der Waals surface area contributed by atoms with Crippen molar-refractivity contribution in [3.63, 3.8) is 0 Å². The maximum absolute atomic E-state index is 4.47. The fraction of sp³-hybridized carbons (Fsp3) is 0.545. The first-order chi connectivity index (χ1) is 5.71. The Morgan fingerprint density at radius 3 is 3.17 bits per heavy atom. The van der Waals surface area contributed by atoms with E-state index in [0.29, 0.717) is 5.41 Å². The summed E-state index contributed by atoms with van der Waals surface area (Å²) in [5, 5.41) is 0. The van der Waals surface area contributed by atoms with Gasteiger partial charge in [-0.15, -0.1) is 0 Å². The third-order valence-electron chi connectivity index (χ3n) is 2.85. The molecule has 0 fully saturated rings. The summed E-state index contributed by atoms with van der Waals surface area (Å²) in [4.78, 5) is 4.47. The second kappa shape index (κ2) is 2.58.